The third kappa shape index (κ3) is 2.98. The van der Waals surface area contributed by atoms with Crippen LogP contribution in [0.3, 0.4) is 0 Å². The van der Waals surface area contributed by atoms with Gasteiger partial charge >= 0.3 is 0 Å². The van der Waals surface area contributed by atoms with Crippen LogP contribution in [-0.2, 0) is 12.5 Å². The predicted octanol–water partition coefficient (Wildman–Crippen LogP) is 4.14. The minimum Gasteiger partial charge on any atom is -0.485 e. The lowest BCUT2D eigenvalue weighted by Crippen LogP contribution is -2.00. The molecule has 0 aliphatic rings. The zero-order valence-corrected chi connectivity index (χ0v) is 9.95. The molecule has 0 bridgehead atoms. The molecule has 0 atom stereocenters. The standard InChI is InChI=1S/C14H12ClFO/c15-9-12-7-4-8-13(16)14(12)17-10-11-5-2-1-3-6-11/h1-8H,9-10H2. The van der Waals surface area contributed by atoms with Gasteiger partial charge in [-0.1, -0.05) is 42.5 Å². The Kier molecular flexibility index (Phi) is 3.99. The lowest BCUT2D eigenvalue weighted by atomic mass is 10.2. The Bertz CT molecular complexity index is 485. The van der Waals surface area contributed by atoms with E-state index >= 15 is 0 Å². The highest BCUT2D eigenvalue weighted by molar-refractivity contribution is 6.17. The highest BCUT2D eigenvalue weighted by Gasteiger charge is 2.08. The van der Waals surface area contributed by atoms with E-state index in [0.717, 1.165) is 5.56 Å². The maximum atomic E-state index is 13.6. The first-order chi connectivity index (χ1) is 8.31. The zero-order chi connectivity index (χ0) is 12.1. The highest BCUT2D eigenvalue weighted by atomic mass is 35.5. The minimum atomic E-state index is -0.376. The lowest BCUT2D eigenvalue weighted by Gasteiger charge is -2.10. The summed E-state index contributed by atoms with van der Waals surface area (Å²) in [6.07, 6.45) is 0. The highest BCUT2D eigenvalue weighted by Crippen LogP contribution is 2.25. The molecule has 88 valence electrons. The van der Waals surface area contributed by atoms with E-state index < -0.39 is 0 Å². The Morgan fingerprint density at radius 2 is 1.76 bits per heavy atom. The van der Waals surface area contributed by atoms with Gasteiger partial charge in [0.05, 0.1) is 5.88 Å². The molecule has 1 nitrogen and oxygen atoms in total. The van der Waals surface area contributed by atoms with Gasteiger partial charge in [-0.15, -0.1) is 11.6 Å². The lowest BCUT2D eigenvalue weighted by molar-refractivity contribution is 0.288. The van der Waals surface area contributed by atoms with Gasteiger partial charge in [0.25, 0.3) is 0 Å². The molecule has 2 aromatic carbocycles. The van der Waals surface area contributed by atoms with Gasteiger partial charge in [0.15, 0.2) is 11.6 Å². The number of hydrogen-bond donors (Lipinski definition) is 0. The molecule has 0 amide bonds. The molecule has 0 heterocycles. The fourth-order valence-electron chi connectivity index (χ4n) is 1.55. The van der Waals surface area contributed by atoms with E-state index in [4.69, 9.17) is 16.3 Å². The van der Waals surface area contributed by atoms with Crippen molar-refractivity contribution in [3.05, 3.63) is 65.5 Å². The summed E-state index contributed by atoms with van der Waals surface area (Å²) in [5.41, 5.74) is 1.67. The van der Waals surface area contributed by atoms with Crippen molar-refractivity contribution in [2.75, 3.05) is 0 Å². The van der Waals surface area contributed by atoms with Gasteiger partial charge in [-0.3, -0.25) is 0 Å². The first kappa shape index (κ1) is 11.9. The monoisotopic (exact) mass is 250 g/mol. The van der Waals surface area contributed by atoms with Crippen molar-refractivity contribution in [3.8, 4) is 5.75 Å². The molecule has 0 aliphatic carbocycles. The molecule has 0 N–H and O–H groups in total. The SMILES string of the molecule is Fc1cccc(CCl)c1OCc1ccccc1. The van der Waals surface area contributed by atoms with Crippen LogP contribution in [0.5, 0.6) is 5.75 Å². The van der Waals surface area contributed by atoms with Gasteiger partial charge in [0.2, 0.25) is 0 Å². The Balaban J connectivity index is 2.14. The van der Waals surface area contributed by atoms with Gasteiger partial charge in [0.1, 0.15) is 6.61 Å². The summed E-state index contributed by atoms with van der Waals surface area (Å²) < 4.78 is 19.0. The molecular weight excluding hydrogens is 239 g/mol. The van der Waals surface area contributed by atoms with E-state index in [1.54, 1.807) is 12.1 Å². The molecule has 2 aromatic rings. The summed E-state index contributed by atoms with van der Waals surface area (Å²) in [5.74, 6) is 0.104. The Labute approximate surface area is 105 Å². The number of para-hydroxylation sites is 1. The number of benzene rings is 2. The molecule has 0 fully saturated rings. The second kappa shape index (κ2) is 5.69. The molecule has 0 radical (unpaired) electrons. The molecule has 0 unspecified atom stereocenters. The van der Waals surface area contributed by atoms with Crippen LogP contribution < -0.4 is 4.74 Å². The van der Waals surface area contributed by atoms with Crippen molar-refractivity contribution in [1.82, 2.24) is 0 Å². The van der Waals surface area contributed by atoms with Crippen molar-refractivity contribution in [2.45, 2.75) is 12.5 Å². The van der Waals surface area contributed by atoms with E-state index in [9.17, 15) is 4.39 Å². The second-order valence-corrected chi connectivity index (χ2v) is 3.90. The molecule has 3 heteroatoms. The molecule has 0 saturated heterocycles. The number of ether oxygens (including phenoxy) is 1. The molecule has 0 aliphatic heterocycles. The minimum absolute atomic E-state index is 0.238. The fourth-order valence-corrected chi connectivity index (χ4v) is 1.76. The van der Waals surface area contributed by atoms with Crippen LogP contribution in [0.1, 0.15) is 11.1 Å². The van der Waals surface area contributed by atoms with Crippen LogP contribution in [0, 0.1) is 5.82 Å². The van der Waals surface area contributed by atoms with Gasteiger partial charge < -0.3 is 4.74 Å². The topological polar surface area (TPSA) is 9.23 Å². The first-order valence-corrected chi connectivity index (χ1v) is 5.85. The number of alkyl halides is 1. The summed E-state index contributed by atoms with van der Waals surface area (Å²) >= 11 is 5.74. The smallest absolute Gasteiger partial charge is 0.165 e. The molecule has 2 rings (SSSR count). The molecule has 0 spiro atoms. The van der Waals surface area contributed by atoms with Gasteiger partial charge in [-0.2, -0.15) is 0 Å². The van der Waals surface area contributed by atoms with Crippen molar-refractivity contribution in [3.63, 3.8) is 0 Å². The third-order valence-electron chi connectivity index (χ3n) is 2.42. The number of halogens is 2. The Morgan fingerprint density at radius 1 is 1.00 bits per heavy atom. The van der Waals surface area contributed by atoms with Crippen LogP contribution in [0.15, 0.2) is 48.5 Å². The fraction of sp³-hybridized carbons (Fsp3) is 0.143. The van der Waals surface area contributed by atoms with E-state index in [-0.39, 0.29) is 17.4 Å². The Hall–Kier alpha value is -1.54. The first-order valence-electron chi connectivity index (χ1n) is 5.31. The number of rotatable bonds is 4. The average Bonchev–Trinajstić information content (AvgIpc) is 2.38. The van der Waals surface area contributed by atoms with Crippen molar-refractivity contribution in [2.24, 2.45) is 0 Å². The van der Waals surface area contributed by atoms with Crippen molar-refractivity contribution < 1.29 is 9.13 Å². The van der Waals surface area contributed by atoms with Crippen molar-refractivity contribution in [1.29, 1.82) is 0 Å². The van der Waals surface area contributed by atoms with Gasteiger partial charge in [-0.25, -0.2) is 4.39 Å². The molecule has 0 saturated carbocycles. The van der Waals surface area contributed by atoms with Crippen LogP contribution in [0.4, 0.5) is 4.39 Å². The predicted molar refractivity (Wildman–Crippen MR) is 66.7 cm³/mol. The van der Waals surface area contributed by atoms with Gasteiger partial charge in [-0.05, 0) is 11.6 Å². The quantitative estimate of drug-likeness (QED) is 0.741. The summed E-state index contributed by atoms with van der Waals surface area (Å²) in [5, 5.41) is 0. The normalized spacial score (nSPS) is 10.2. The third-order valence-corrected chi connectivity index (χ3v) is 2.71. The summed E-state index contributed by atoms with van der Waals surface area (Å²) in [6.45, 7) is 0.339. The maximum Gasteiger partial charge on any atom is 0.165 e. The van der Waals surface area contributed by atoms with Crippen molar-refractivity contribution >= 4 is 11.6 Å². The number of hydrogen-bond acceptors (Lipinski definition) is 1. The van der Waals surface area contributed by atoms with Gasteiger partial charge in [0, 0.05) is 5.56 Å². The largest absolute Gasteiger partial charge is 0.485 e. The van der Waals surface area contributed by atoms with E-state index in [1.807, 2.05) is 30.3 Å². The van der Waals surface area contributed by atoms with Crippen LogP contribution in [0.2, 0.25) is 0 Å². The summed E-state index contributed by atoms with van der Waals surface area (Å²) in [7, 11) is 0. The second-order valence-electron chi connectivity index (χ2n) is 3.64. The van der Waals surface area contributed by atoms with E-state index in [0.29, 0.717) is 12.2 Å². The molecule has 17 heavy (non-hydrogen) atoms. The van der Waals surface area contributed by atoms with Crippen LogP contribution >= 0.6 is 11.6 Å². The average molecular weight is 251 g/mol. The zero-order valence-electron chi connectivity index (χ0n) is 9.20. The van der Waals surface area contributed by atoms with E-state index in [1.165, 1.54) is 6.07 Å². The summed E-state index contributed by atoms with van der Waals surface area (Å²) in [6, 6.07) is 14.4. The van der Waals surface area contributed by atoms with E-state index in [2.05, 4.69) is 0 Å². The maximum absolute atomic E-state index is 13.6. The Morgan fingerprint density at radius 3 is 2.47 bits per heavy atom. The summed E-state index contributed by atoms with van der Waals surface area (Å²) in [4.78, 5) is 0. The molecule has 0 aromatic heterocycles. The molecular formula is C14H12ClFO. The van der Waals surface area contributed by atoms with Crippen LogP contribution in [-0.4, -0.2) is 0 Å². The van der Waals surface area contributed by atoms with Crippen LogP contribution in [0.25, 0.3) is 0 Å².